The number of nitrogens with one attached hydrogen (secondary N) is 1. The molecule has 1 heteroatoms. The van der Waals surface area contributed by atoms with Gasteiger partial charge >= 0.3 is 0 Å². The molecule has 1 N–H and O–H groups in total. The van der Waals surface area contributed by atoms with Crippen molar-refractivity contribution in [1.82, 2.24) is 5.32 Å². The lowest BCUT2D eigenvalue weighted by atomic mass is 9.90. The minimum absolute atomic E-state index is 0.349. The summed E-state index contributed by atoms with van der Waals surface area (Å²) in [6, 6.07) is 9.26. The smallest absolute Gasteiger partial charge is 0.0194 e. The third-order valence-corrected chi connectivity index (χ3v) is 4.05. The van der Waals surface area contributed by atoms with Crippen LogP contribution in [0, 0.1) is 0 Å². The molecule has 0 radical (unpaired) electrons. The average Bonchev–Trinajstić information content (AvgIpc) is 3.03. The van der Waals surface area contributed by atoms with Crippen LogP contribution in [0.15, 0.2) is 24.3 Å². The third-order valence-electron chi connectivity index (χ3n) is 4.05. The van der Waals surface area contributed by atoms with E-state index < -0.39 is 0 Å². The van der Waals surface area contributed by atoms with E-state index in [4.69, 9.17) is 0 Å². The molecule has 1 aliphatic carbocycles. The summed E-state index contributed by atoms with van der Waals surface area (Å²) in [7, 11) is 0. The zero-order valence-electron chi connectivity index (χ0n) is 10.1. The molecule has 1 nitrogen and oxygen atoms in total. The monoisotopic (exact) mass is 215 g/mol. The fourth-order valence-electron chi connectivity index (χ4n) is 2.93. The van der Waals surface area contributed by atoms with Gasteiger partial charge in [-0.05, 0) is 62.6 Å². The first-order chi connectivity index (χ1) is 7.75. The predicted octanol–water partition coefficient (Wildman–Crippen LogP) is 3.25. The number of hydrogen-bond donors (Lipinski definition) is 1. The molecule has 0 aromatic heterocycles. The summed E-state index contributed by atoms with van der Waals surface area (Å²) in [6.45, 7) is 3.56. The summed E-state index contributed by atoms with van der Waals surface area (Å²) in [6.07, 6.45) is 6.64. The maximum atomic E-state index is 3.65. The van der Waals surface area contributed by atoms with Gasteiger partial charge < -0.3 is 5.32 Å². The first-order valence-corrected chi connectivity index (χ1v) is 6.59. The number of rotatable bonds is 3. The Balaban J connectivity index is 1.75. The lowest BCUT2D eigenvalue weighted by Gasteiger charge is -2.24. The Hall–Kier alpha value is -0.820. The van der Waals surface area contributed by atoms with Crippen molar-refractivity contribution in [3.8, 4) is 0 Å². The van der Waals surface area contributed by atoms with Gasteiger partial charge in [-0.2, -0.15) is 0 Å². The lowest BCUT2D eigenvalue weighted by molar-refractivity contribution is 0.412. The van der Waals surface area contributed by atoms with Crippen molar-refractivity contribution in [3.05, 3.63) is 35.4 Å². The summed E-state index contributed by atoms with van der Waals surface area (Å²) in [5.41, 5.74) is 3.43. The minimum atomic E-state index is 0.349. The minimum Gasteiger partial charge on any atom is -0.311 e. The van der Waals surface area contributed by atoms with E-state index in [9.17, 15) is 0 Å². The molecule has 1 saturated heterocycles. The van der Waals surface area contributed by atoms with E-state index in [1.165, 1.54) is 44.2 Å². The molecular formula is C15H21N. The Morgan fingerprint density at radius 3 is 2.94 bits per heavy atom. The highest BCUT2D eigenvalue weighted by Crippen LogP contribution is 2.40. The van der Waals surface area contributed by atoms with Crippen LogP contribution in [0.3, 0.4) is 0 Å². The predicted molar refractivity (Wildman–Crippen MR) is 67.8 cm³/mol. The van der Waals surface area contributed by atoms with Crippen LogP contribution in [-0.4, -0.2) is 12.1 Å². The van der Waals surface area contributed by atoms with Crippen molar-refractivity contribution in [1.29, 1.82) is 0 Å². The first kappa shape index (κ1) is 10.3. The van der Waals surface area contributed by atoms with Crippen molar-refractivity contribution in [2.24, 2.45) is 0 Å². The fourth-order valence-corrected chi connectivity index (χ4v) is 2.93. The molecule has 16 heavy (non-hydrogen) atoms. The van der Waals surface area contributed by atoms with E-state index in [1.54, 1.807) is 5.56 Å². The molecular weight excluding hydrogens is 194 g/mol. The molecule has 0 bridgehead atoms. The van der Waals surface area contributed by atoms with Crippen LogP contribution in [0.25, 0.3) is 0 Å². The zero-order valence-corrected chi connectivity index (χ0v) is 10.1. The molecule has 2 aliphatic rings. The van der Waals surface area contributed by atoms with Gasteiger partial charge in [-0.1, -0.05) is 24.3 Å². The molecule has 0 amide bonds. The van der Waals surface area contributed by atoms with E-state index in [1.807, 2.05) is 0 Å². The van der Waals surface area contributed by atoms with E-state index >= 15 is 0 Å². The van der Waals surface area contributed by atoms with Gasteiger partial charge in [0.05, 0.1) is 0 Å². The second kappa shape index (κ2) is 3.89. The Morgan fingerprint density at radius 2 is 2.25 bits per heavy atom. The second-order valence-electron chi connectivity index (χ2n) is 5.79. The first-order valence-electron chi connectivity index (χ1n) is 6.59. The van der Waals surface area contributed by atoms with Gasteiger partial charge in [0.2, 0.25) is 0 Å². The highest BCUT2D eigenvalue weighted by Gasteiger charge is 2.29. The van der Waals surface area contributed by atoms with E-state index in [0.29, 0.717) is 5.54 Å². The van der Waals surface area contributed by atoms with Crippen LogP contribution in [0.2, 0.25) is 0 Å². The van der Waals surface area contributed by atoms with Gasteiger partial charge in [-0.25, -0.2) is 0 Å². The molecule has 3 rings (SSSR count). The van der Waals surface area contributed by atoms with Crippen molar-refractivity contribution < 1.29 is 0 Å². The second-order valence-corrected chi connectivity index (χ2v) is 5.79. The van der Waals surface area contributed by atoms with Gasteiger partial charge in [0.15, 0.2) is 0 Å². The topological polar surface area (TPSA) is 12.0 Å². The molecule has 1 aliphatic heterocycles. The fraction of sp³-hybridized carbons (Fsp3) is 0.600. The number of benzene rings is 1. The Labute approximate surface area is 98.3 Å². The van der Waals surface area contributed by atoms with Gasteiger partial charge in [0, 0.05) is 5.54 Å². The van der Waals surface area contributed by atoms with Crippen molar-refractivity contribution in [3.63, 3.8) is 0 Å². The molecule has 2 fully saturated rings. The van der Waals surface area contributed by atoms with Crippen molar-refractivity contribution >= 4 is 0 Å². The summed E-state index contributed by atoms with van der Waals surface area (Å²) in [5, 5.41) is 3.65. The maximum absolute atomic E-state index is 3.65. The molecule has 1 heterocycles. The van der Waals surface area contributed by atoms with Gasteiger partial charge in [-0.3, -0.25) is 0 Å². The lowest BCUT2D eigenvalue weighted by Crippen LogP contribution is -2.38. The van der Waals surface area contributed by atoms with Gasteiger partial charge in [-0.15, -0.1) is 0 Å². The van der Waals surface area contributed by atoms with E-state index in [-0.39, 0.29) is 0 Å². The van der Waals surface area contributed by atoms with Crippen LogP contribution in [-0.2, 0) is 6.42 Å². The summed E-state index contributed by atoms with van der Waals surface area (Å²) in [4.78, 5) is 0. The van der Waals surface area contributed by atoms with Crippen molar-refractivity contribution in [2.45, 2.75) is 50.5 Å². The quantitative estimate of drug-likeness (QED) is 0.816. The van der Waals surface area contributed by atoms with Crippen LogP contribution in [0.5, 0.6) is 0 Å². The molecule has 1 atom stereocenters. The largest absolute Gasteiger partial charge is 0.311 e. The summed E-state index contributed by atoms with van der Waals surface area (Å²) in [5.74, 6) is 0.879. The molecule has 1 aromatic carbocycles. The summed E-state index contributed by atoms with van der Waals surface area (Å²) >= 11 is 0. The number of hydrogen-bond acceptors (Lipinski definition) is 1. The molecule has 86 valence electrons. The van der Waals surface area contributed by atoms with E-state index in [2.05, 4.69) is 36.5 Å². The zero-order chi connectivity index (χ0) is 11.0. The van der Waals surface area contributed by atoms with E-state index in [0.717, 1.165) is 5.92 Å². The standard InChI is InChI=1S/C15H21N/c1-15(8-3-9-16-15)11-12-4-2-5-14(10-12)13-6-7-13/h2,4-5,10,13,16H,3,6-9,11H2,1H3. The molecule has 0 spiro atoms. The van der Waals surface area contributed by atoms with Crippen LogP contribution >= 0.6 is 0 Å². The summed E-state index contributed by atoms with van der Waals surface area (Å²) < 4.78 is 0. The van der Waals surface area contributed by atoms with Gasteiger partial charge in [0.25, 0.3) is 0 Å². The highest BCUT2D eigenvalue weighted by molar-refractivity contribution is 5.30. The SMILES string of the molecule is CC1(Cc2cccc(C3CC3)c2)CCCN1. The van der Waals surface area contributed by atoms with Crippen LogP contribution < -0.4 is 5.32 Å². The maximum Gasteiger partial charge on any atom is 0.0194 e. The molecule has 1 unspecified atom stereocenters. The van der Waals surface area contributed by atoms with Crippen LogP contribution in [0.1, 0.15) is 49.7 Å². The normalized spacial score (nSPS) is 29.6. The Bertz CT molecular complexity index is 373. The highest BCUT2D eigenvalue weighted by atomic mass is 15.0. The Morgan fingerprint density at radius 1 is 1.38 bits per heavy atom. The average molecular weight is 215 g/mol. The van der Waals surface area contributed by atoms with Gasteiger partial charge in [0.1, 0.15) is 0 Å². The molecule has 1 aromatic rings. The third kappa shape index (κ3) is 2.15. The van der Waals surface area contributed by atoms with Crippen LogP contribution in [0.4, 0.5) is 0 Å². The Kier molecular flexibility index (Phi) is 2.51. The van der Waals surface area contributed by atoms with Crippen molar-refractivity contribution in [2.75, 3.05) is 6.54 Å². The molecule has 1 saturated carbocycles.